The predicted molar refractivity (Wildman–Crippen MR) is 71.0 cm³/mol. The number of hydrogen-bond acceptors (Lipinski definition) is 2. The van der Waals surface area contributed by atoms with Gasteiger partial charge in [-0.25, -0.2) is 0 Å². The zero-order valence-electron chi connectivity index (χ0n) is 11.3. The van der Waals surface area contributed by atoms with E-state index in [-0.39, 0.29) is 23.9 Å². The normalized spacial score (nSPS) is 21.3. The van der Waals surface area contributed by atoms with E-state index in [1.165, 1.54) is 4.57 Å². The first-order valence-corrected chi connectivity index (χ1v) is 6.55. The molecule has 104 valence electrons. The first-order valence-electron chi connectivity index (χ1n) is 6.55. The van der Waals surface area contributed by atoms with Crippen molar-refractivity contribution >= 4 is 11.9 Å². The van der Waals surface area contributed by atoms with Crippen molar-refractivity contribution in [2.24, 2.45) is 5.41 Å². The topological polar surface area (TPSA) is 71.3 Å². The van der Waals surface area contributed by atoms with Gasteiger partial charge in [0.05, 0.1) is 0 Å². The molecule has 1 saturated carbocycles. The summed E-state index contributed by atoms with van der Waals surface area (Å²) in [7, 11) is 0. The van der Waals surface area contributed by atoms with Gasteiger partial charge in [0.2, 0.25) is 0 Å². The molecule has 0 spiro atoms. The first kappa shape index (κ1) is 13.6. The van der Waals surface area contributed by atoms with Gasteiger partial charge in [-0.1, -0.05) is 13.8 Å². The Kier molecular flexibility index (Phi) is 3.64. The predicted octanol–water partition coefficient (Wildman–Crippen LogP) is 1.88. The fraction of sp³-hybridized carbons (Fsp3) is 0.571. The summed E-state index contributed by atoms with van der Waals surface area (Å²) in [5, 5.41) is 11.8. The van der Waals surface area contributed by atoms with Gasteiger partial charge in [0.1, 0.15) is 12.2 Å². The van der Waals surface area contributed by atoms with E-state index in [1.54, 1.807) is 18.3 Å². The smallest absolute Gasteiger partial charge is 0.323 e. The number of aliphatic carboxylic acids is 1. The van der Waals surface area contributed by atoms with E-state index in [0.29, 0.717) is 5.69 Å². The molecule has 0 aliphatic heterocycles. The van der Waals surface area contributed by atoms with Crippen LogP contribution < -0.4 is 5.32 Å². The molecule has 1 atom stereocenters. The van der Waals surface area contributed by atoms with Crippen LogP contribution in [0.1, 0.15) is 43.6 Å². The van der Waals surface area contributed by atoms with Crippen LogP contribution in [0, 0.1) is 5.41 Å². The Balaban J connectivity index is 2.01. The molecule has 2 N–H and O–H groups in total. The lowest BCUT2D eigenvalue weighted by atomic mass is 9.92. The molecule has 5 heteroatoms. The fourth-order valence-corrected chi connectivity index (χ4v) is 2.72. The summed E-state index contributed by atoms with van der Waals surface area (Å²) >= 11 is 0. The molecule has 1 aliphatic carbocycles. The molecule has 1 aromatic heterocycles. The van der Waals surface area contributed by atoms with E-state index in [9.17, 15) is 9.59 Å². The SMILES string of the molecule is CC1(C)CCC(NC(=O)c2cccn2CC(=O)O)C1. The molecule has 1 heterocycles. The molecule has 1 fully saturated rings. The maximum absolute atomic E-state index is 12.2. The summed E-state index contributed by atoms with van der Waals surface area (Å²) in [5.41, 5.74) is 0.688. The van der Waals surface area contributed by atoms with Crippen molar-refractivity contribution in [3.63, 3.8) is 0 Å². The van der Waals surface area contributed by atoms with Crippen molar-refractivity contribution in [1.29, 1.82) is 0 Å². The Hall–Kier alpha value is -1.78. The zero-order chi connectivity index (χ0) is 14.0. The lowest BCUT2D eigenvalue weighted by Gasteiger charge is -2.18. The maximum Gasteiger partial charge on any atom is 0.323 e. The van der Waals surface area contributed by atoms with E-state index < -0.39 is 5.97 Å². The van der Waals surface area contributed by atoms with Crippen LogP contribution in [0.5, 0.6) is 0 Å². The molecule has 2 rings (SSSR count). The summed E-state index contributed by atoms with van der Waals surface area (Å²) in [6.45, 7) is 4.21. The third kappa shape index (κ3) is 3.36. The Morgan fingerprint density at radius 2 is 2.26 bits per heavy atom. The number of amides is 1. The Labute approximate surface area is 112 Å². The average Bonchev–Trinajstić information content (AvgIpc) is 2.84. The lowest BCUT2D eigenvalue weighted by molar-refractivity contribution is -0.137. The van der Waals surface area contributed by atoms with Crippen molar-refractivity contribution in [3.05, 3.63) is 24.0 Å². The van der Waals surface area contributed by atoms with E-state index in [4.69, 9.17) is 5.11 Å². The molecular formula is C14H20N2O3. The number of nitrogens with one attached hydrogen (secondary N) is 1. The third-order valence-corrected chi connectivity index (χ3v) is 3.67. The Morgan fingerprint density at radius 1 is 1.53 bits per heavy atom. The highest BCUT2D eigenvalue weighted by Gasteiger charge is 2.32. The van der Waals surface area contributed by atoms with Crippen molar-refractivity contribution < 1.29 is 14.7 Å². The molecule has 1 aromatic rings. The molecule has 0 radical (unpaired) electrons. The van der Waals surface area contributed by atoms with E-state index >= 15 is 0 Å². The molecular weight excluding hydrogens is 244 g/mol. The zero-order valence-corrected chi connectivity index (χ0v) is 11.3. The second-order valence-corrected chi connectivity index (χ2v) is 5.99. The van der Waals surface area contributed by atoms with Crippen LogP contribution in [0.15, 0.2) is 18.3 Å². The molecule has 5 nitrogen and oxygen atoms in total. The van der Waals surface area contributed by atoms with Gasteiger partial charge < -0.3 is 15.0 Å². The standard InChI is InChI=1S/C14H20N2O3/c1-14(2)6-5-10(8-14)15-13(19)11-4-3-7-16(11)9-12(17)18/h3-4,7,10H,5-6,8-9H2,1-2H3,(H,15,19)(H,17,18). The minimum atomic E-state index is -0.952. The summed E-state index contributed by atoms with van der Waals surface area (Å²) in [5.74, 6) is -1.14. The minimum absolute atomic E-state index is 0.186. The summed E-state index contributed by atoms with van der Waals surface area (Å²) in [6.07, 6.45) is 4.67. The van der Waals surface area contributed by atoms with E-state index in [1.807, 2.05) is 0 Å². The molecule has 0 aromatic carbocycles. The summed E-state index contributed by atoms with van der Waals surface area (Å²) in [6, 6.07) is 3.53. The molecule has 0 bridgehead atoms. The first-order chi connectivity index (χ1) is 8.87. The van der Waals surface area contributed by atoms with Gasteiger partial charge in [0, 0.05) is 12.2 Å². The summed E-state index contributed by atoms with van der Waals surface area (Å²) < 4.78 is 1.46. The van der Waals surface area contributed by atoms with Crippen LogP contribution in [0.2, 0.25) is 0 Å². The van der Waals surface area contributed by atoms with Gasteiger partial charge in [-0.05, 0) is 36.8 Å². The lowest BCUT2D eigenvalue weighted by Crippen LogP contribution is -2.35. The van der Waals surface area contributed by atoms with E-state index in [0.717, 1.165) is 19.3 Å². The van der Waals surface area contributed by atoms with Crippen LogP contribution in [0.4, 0.5) is 0 Å². The number of hydrogen-bond donors (Lipinski definition) is 2. The van der Waals surface area contributed by atoms with Crippen LogP contribution in [-0.2, 0) is 11.3 Å². The molecule has 1 unspecified atom stereocenters. The quantitative estimate of drug-likeness (QED) is 0.872. The molecule has 19 heavy (non-hydrogen) atoms. The van der Waals surface area contributed by atoms with E-state index in [2.05, 4.69) is 19.2 Å². The number of carbonyl (C=O) groups excluding carboxylic acids is 1. The van der Waals surface area contributed by atoms with Gasteiger partial charge in [0.15, 0.2) is 0 Å². The number of carboxylic acids is 1. The highest BCUT2D eigenvalue weighted by molar-refractivity contribution is 5.93. The monoisotopic (exact) mass is 264 g/mol. The molecule has 1 aliphatic rings. The number of nitrogens with zero attached hydrogens (tertiary/aromatic N) is 1. The van der Waals surface area contributed by atoms with Crippen LogP contribution in [-0.4, -0.2) is 27.6 Å². The third-order valence-electron chi connectivity index (χ3n) is 3.67. The second kappa shape index (κ2) is 5.07. The molecule has 1 amide bonds. The highest BCUT2D eigenvalue weighted by atomic mass is 16.4. The second-order valence-electron chi connectivity index (χ2n) is 5.99. The van der Waals surface area contributed by atoms with Gasteiger partial charge in [0.25, 0.3) is 5.91 Å². The van der Waals surface area contributed by atoms with Gasteiger partial charge >= 0.3 is 5.97 Å². The number of rotatable bonds is 4. The van der Waals surface area contributed by atoms with Gasteiger partial charge in [-0.3, -0.25) is 9.59 Å². The number of carboxylic acid groups (broad SMARTS) is 1. The van der Waals surface area contributed by atoms with Crippen LogP contribution >= 0.6 is 0 Å². The number of carbonyl (C=O) groups is 2. The number of aromatic nitrogens is 1. The summed E-state index contributed by atoms with van der Waals surface area (Å²) in [4.78, 5) is 22.9. The molecule has 0 saturated heterocycles. The van der Waals surface area contributed by atoms with Crippen LogP contribution in [0.25, 0.3) is 0 Å². The Morgan fingerprint density at radius 3 is 2.84 bits per heavy atom. The largest absolute Gasteiger partial charge is 0.480 e. The Bertz CT molecular complexity index is 491. The average molecular weight is 264 g/mol. The van der Waals surface area contributed by atoms with Crippen molar-refractivity contribution in [1.82, 2.24) is 9.88 Å². The minimum Gasteiger partial charge on any atom is -0.480 e. The van der Waals surface area contributed by atoms with Crippen molar-refractivity contribution in [2.75, 3.05) is 0 Å². The van der Waals surface area contributed by atoms with Crippen molar-refractivity contribution in [3.8, 4) is 0 Å². The van der Waals surface area contributed by atoms with Crippen LogP contribution in [0.3, 0.4) is 0 Å². The van der Waals surface area contributed by atoms with Crippen molar-refractivity contribution in [2.45, 2.75) is 45.7 Å². The fourth-order valence-electron chi connectivity index (χ4n) is 2.72. The van der Waals surface area contributed by atoms with Gasteiger partial charge in [-0.15, -0.1) is 0 Å². The van der Waals surface area contributed by atoms with Gasteiger partial charge in [-0.2, -0.15) is 0 Å². The maximum atomic E-state index is 12.2. The highest BCUT2D eigenvalue weighted by Crippen LogP contribution is 2.36.